The highest BCUT2D eigenvalue weighted by Gasteiger charge is 2.33. The second-order valence-corrected chi connectivity index (χ2v) is 5.92. The Labute approximate surface area is 114 Å². The third-order valence-electron chi connectivity index (χ3n) is 3.35. The van der Waals surface area contributed by atoms with Gasteiger partial charge in [0.25, 0.3) is 0 Å². The Balaban J connectivity index is 2.41. The largest absolute Gasteiger partial charge is 0.389 e. The first-order valence-corrected chi connectivity index (χ1v) is 6.69. The number of rotatable bonds is 2. The van der Waals surface area contributed by atoms with E-state index in [9.17, 15) is 9.50 Å². The smallest absolute Gasteiger partial charge is 0.146 e. The monoisotopic (exact) mass is 267 g/mol. The molecule has 0 aliphatic carbocycles. The van der Waals surface area contributed by atoms with Crippen LogP contribution in [0.5, 0.6) is 0 Å². The minimum absolute atomic E-state index is 0.0326. The maximum Gasteiger partial charge on any atom is 0.146 e. The number of anilines is 1. The summed E-state index contributed by atoms with van der Waals surface area (Å²) in [4.78, 5) is 1.98. The standard InChI is InChI=1S/C15H22FNO2/c1-10-8-17(9-15(3,4)19-10)14-12(11(2)18)6-5-7-13(14)16/h5-7,10-11,18H,8-9H2,1-4H3. The van der Waals surface area contributed by atoms with E-state index in [-0.39, 0.29) is 17.5 Å². The highest BCUT2D eigenvalue weighted by Crippen LogP contribution is 2.33. The number of para-hydroxylation sites is 1. The number of nitrogens with zero attached hydrogens (tertiary/aromatic N) is 1. The Hall–Kier alpha value is -1.13. The minimum Gasteiger partial charge on any atom is -0.389 e. The van der Waals surface area contributed by atoms with Gasteiger partial charge in [0.15, 0.2) is 0 Å². The number of aliphatic hydroxyl groups excluding tert-OH is 1. The van der Waals surface area contributed by atoms with Gasteiger partial charge in [-0.2, -0.15) is 0 Å². The molecule has 1 fully saturated rings. The van der Waals surface area contributed by atoms with E-state index in [0.717, 1.165) is 0 Å². The van der Waals surface area contributed by atoms with Crippen LogP contribution in [0.15, 0.2) is 18.2 Å². The number of aliphatic hydroxyl groups is 1. The zero-order valence-corrected chi connectivity index (χ0v) is 12.0. The van der Waals surface area contributed by atoms with Crippen molar-refractivity contribution in [3.63, 3.8) is 0 Å². The lowest BCUT2D eigenvalue weighted by Gasteiger charge is -2.43. The molecule has 106 valence electrons. The van der Waals surface area contributed by atoms with Crippen LogP contribution in [0.4, 0.5) is 10.1 Å². The fourth-order valence-electron chi connectivity index (χ4n) is 2.83. The quantitative estimate of drug-likeness (QED) is 0.894. The number of halogens is 1. The predicted molar refractivity (Wildman–Crippen MR) is 73.9 cm³/mol. The van der Waals surface area contributed by atoms with Crippen molar-refractivity contribution in [2.45, 2.75) is 45.5 Å². The lowest BCUT2D eigenvalue weighted by atomic mass is 10.0. The van der Waals surface area contributed by atoms with Crippen molar-refractivity contribution in [3.8, 4) is 0 Å². The first-order chi connectivity index (χ1) is 8.80. The Kier molecular flexibility index (Phi) is 3.83. The second-order valence-electron chi connectivity index (χ2n) is 5.92. The average Bonchev–Trinajstić information content (AvgIpc) is 2.25. The number of benzene rings is 1. The number of hydrogen-bond acceptors (Lipinski definition) is 3. The molecule has 0 spiro atoms. The van der Waals surface area contributed by atoms with E-state index < -0.39 is 6.10 Å². The SMILES string of the molecule is CC1CN(c2c(F)cccc2C(C)O)CC(C)(C)O1. The molecule has 2 unspecified atom stereocenters. The maximum absolute atomic E-state index is 14.2. The van der Waals surface area contributed by atoms with Gasteiger partial charge >= 0.3 is 0 Å². The normalized spacial score (nSPS) is 24.3. The molecule has 1 aromatic rings. The first-order valence-electron chi connectivity index (χ1n) is 6.69. The topological polar surface area (TPSA) is 32.7 Å². The van der Waals surface area contributed by atoms with Gasteiger partial charge in [-0.15, -0.1) is 0 Å². The molecule has 0 amide bonds. The molecule has 2 rings (SSSR count). The Morgan fingerprint density at radius 2 is 2.16 bits per heavy atom. The molecule has 1 N–H and O–H groups in total. The van der Waals surface area contributed by atoms with Crippen molar-refractivity contribution in [1.29, 1.82) is 0 Å². The summed E-state index contributed by atoms with van der Waals surface area (Å²) in [5.41, 5.74) is 0.807. The Bertz CT molecular complexity index is 459. The molecule has 0 bridgehead atoms. The molecule has 4 heteroatoms. The van der Waals surface area contributed by atoms with Crippen LogP contribution in [0.2, 0.25) is 0 Å². The third-order valence-corrected chi connectivity index (χ3v) is 3.35. The summed E-state index contributed by atoms with van der Waals surface area (Å²) in [5, 5.41) is 9.83. The van der Waals surface area contributed by atoms with Crippen LogP contribution in [0.3, 0.4) is 0 Å². The van der Waals surface area contributed by atoms with E-state index in [1.54, 1.807) is 19.1 Å². The van der Waals surface area contributed by atoms with Gasteiger partial charge in [-0.05, 0) is 33.8 Å². The van der Waals surface area contributed by atoms with Gasteiger partial charge in [-0.25, -0.2) is 4.39 Å². The van der Waals surface area contributed by atoms with Gasteiger partial charge < -0.3 is 14.7 Å². The van der Waals surface area contributed by atoms with Gasteiger partial charge in [0.2, 0.25) is 0 Å². The highest BCUT2D eigenvalue weighted by molar-refractivity contribution is 5.56. The molecule has 2 atom stereocenters. The third kappa shape index (κ3) is 3.07. The molecule has 0 saturated carbocycles. The fourth-order valence-corrected chi connectivity index (χ4v) is 2.83. The van der Waals surface area contributed by atoms with Gasteiger partial charge in [0.05, 0.1) is 23.5 Å². The Morgan fingerprint density at radius 1 is 1.47 bits per heavy atom. The van der Waals surface area contributed by atoms with E-state index >= 15 is 0 Å². The lowest BCUT2D eigenvalue weighted by molar-refractivity contribution is -0.0752. The lowest BCUT2D eigenvalue weighted by Crippen LogP contribution is -2.52. The van der Waals surface area contributed by atoms with Crippen LogP contribution >= 0.6 is 0 Å². The van der Waals surface area contributed by atoms with Crippen molar-refractivity contribution in [3.05, 3.63) is 29.6 Å². The van der Waals surface area contributed by atoms with E-state index in [1.807, 2.05) is 25.7 Å². The summed E-state index contributed by atoms with van der Waals surface area (Å²) >= 11 is 0. The summed E-state index contributed by atoms with van der Waals surface area (Å²) in [6.45, 7) is 8.88. The zero-order valence-electron chi connectivity index (χ0n) is 12.0. The molecule has 1 saturated heterocycles. The molecule has 0 radical (unpaired) electrons. The molecular formula is C15H22FNO2. The van der Waals surface area contributed by atoms with Crippen molar-refractivity contribution in [2.75, 3.05) is 18.0 Å². The van der Waals surface area contributed by atoms with Crippen molar-refractivity contribution in [2.24, 2.45) is 0 Å². The van der Waals surface area contributed by atoms with E-state index in [0.29, 0.717) is 24.3 Å². The van der Waals surface area contributed by atoms with Gasteiger partial charge in [0, 0.05) is 18.7 Å². The number of morpholine rings is 1. The molecule has 3 nitrogen and oxygen atoms in total. The predicted octanol–water partition coefficient (Wildman–Crippen LogP) is 2.88. The molecule has 1 aliphatic rings. The van der Waals surface area contributed by atoms with Crippen LogP contribution in [0, 0.1) is 5.82 Å². The fraction of sp³-hybridized carbons (Fsp3) is 0.600. The highest BCUT2D eigenvalue weighted by atomic mass is 19.1. The molecule has 1 aliphatic heterocycles. The average molecular weight is 267 g/mol. The van der Waals surface area contributed by atoms with Gasteiger partial charge in [-0.3, -0.25) is 0 Å². The van der Waals surface area contributed by atoms with Crippen LogP contribution in [-0.4, -0.2) is 29.9 Å². The van der Waals surface area contributed by atoms with Crippen molar-refractivity contribution < 1.29 is 14.2 Å². The van der Waals surface area contributed by atoms with E-state index in [2.05, 4.69) is 0 Å². The van der Waals surface area contributed by atoms with Crippen LogP contribution in [0.1, 0.15) is 39.4 Å². The van der Waals surface area contributed by atoms with Crippen LogP contribution in [-0.2, 0) is 4.74 Å². The minimum atomic E-state index is -0.688. The molecular weight excluding hydrogens is 245 g/mol. The van der Waals surface area contributed by atoms with Crippen molar-refractivity contribution >= 4 is 5.69 Å². The van der Waals surface area contributed by atoms with E-state index in [1.165, 1.54) is 6.07 Å². The summed E-state index contributed by atoms with van der Waals surface area (Å²) < 4.78 is 20.0. The molecule has 1 heterocycles. The summed E-state index contributed by atoms with van der Waals surface area (Å²) in [7, 11) is 0. The Morgan fingerprint density at radius 3 is 2.74 bits per heavy atom. The van der Waals surface area contributed by atoms with Crippen molar-refractivity contribution in [1.82, 2.24) is 0 Å². The number of ether oxygens (including phenoxy) is 1. The summed E-state index contributed by atoms with van der Waals surface area (Å²) in [6.07, 6.45) is -0.655. The second kappa shape index (κ2) is 5.10. The van der Waals surface area contributed by atoms with Gasteiger partial charge in [-0.1, -0.05) is 12.1 Å². The van der Waals surface area contributed by atoms with Crippen LogP contribution in [0.25, 0.3) is 0 Å². The van der Waals surface area contributed by atoms with Gasteiger partial charge in [0.1, 0.15) is 5.82 Å². The van der Waals surface area contributed by atoms with Crippen LogP contribution < -0.4 is 4.90 Å². The summed E-state index contributed by atoms with van der Waals surface area (Å²) in [6, 6.07) is 4.85. The molecule has 1 aromatic carbocycles. The number of hydrogen-bond donors (Lipinski definition) is 1. The van der Waals surface area contributed by atoms with E-state index in [4.69, 9.17) is 4.74 Å². The molecule has 0 aromatic heterocycles. The summed E-state index contributed by atoms with van der Waals surface area (Å²) in [5.74, 6) is -0.289. The maximum atomic E-state index is 14.2. The molecule has 19 heavy (non-hydrogen) atoms. The zero-order chi connectivity index (χ0) is 14.2. The first kappa shape index (κ1) is 14.3.